The fourth-order valence-corrected chi connectivity index (χ4v) is 3.74. The molecule has 3 nitrogen and oxygen atoms in total. The van der Waals surface area contributed by atoms with Crippen molar-refractivity contribution in [3.8, 4) is 0 Å². The summed E-state index contributed by atoms with van der Waals surface area (Å²) >= 11 is 0. The lowest BCUT2D eigenvalue weighted by atomic mass is 9.79. The summed E-state index contributed by atoms with van der Waals surface area (Å²) in [5, 5.41) is 3.31. The van der Waals surface area contributed by atoms with Crippen molar-refractivity contribution in [2.75, 3.05) is 46.8 Å². The van der Waals surface area contributed by atoms with Crippen LogP contribution in [0.5, 0.6) is 0 Å². The first kappa shape index (κ1) is 16.2. The molecule has 122 valence electrons. The molecule has 0 unspecified atom stereocenters. The van der Waals surface area contributed by atoms with E-state index in [1.165, 1.54) is 11.1 Å². The van der Waals surface area contributed by atoms with Gasteiger partial charge in [0.2, 0.25) is 0 Å². The third kappa shape index (κ3) is 3.18. The smallest absolute Gasteiger partial charge is 0.0845 e. The maximum Gasteiger partial charge on any atom is 0.0845 e. The summed E-state index contributed by atoms with van der Waals surface area (Å²) in [5.74, 6) is 0. The van der Waals surface area contributed by atoms with Crippen LogP contribution in [0.4, 0.5) is 0 Å². The first-order valence-corrected chi connectivity index (χ1v) is 8.46. The molecule has 0 saturated carbocycles. The Kier molecular flexibility index (Phi) is 5.11. The van der Waals surface area contributed by atoms with Gasteiger partial charge in [-0.15, -0.1) is 0 Å². The predicted molar refractivity (Wildman–Crippen MR) is 96.7 cm³/mol. The number of rotatable bonds is 5. The van der Waals surface area contributed by atoms with Gasteiger partial charge < -0.3 is 10.2 Å². The molecule has 3 rings (SSSR count). The lowest BCUT2D eigenvalue weighted by molar-refractivity contribution is 0.0326. The SMILES string of the molecule is CNCCN1CCN(C)CC1(c1ccccc1)c1ccccc1. The van der Waals surface area contributed by atoms with Crippen LogP contribution in [0.25, 0.3) is 0 Å². The van der Waals surface area contributed by atoms with Crippen molar-refractivity contribution in [1.82, 2.24) is 15.1 Å². The van der Waals surface area contributed by atoms with Gasteiger partial charge in [-0.2, -0.15) is 0 Å². The summed E-state index contributed by atoms with van der Waals surface area (Å²) in [5.41, 5.74) is 2.69. The molecule has 23 heavy (non-hydrogen) atoms. The van der Waals surface area contributed by atoms with Crippen LogP contribution in [-0.4, -0.2) is 56.6 Å². The van der Waals surface area contributed by atoms with Crippen molar-refractivity contribution in [3.63, 3.8) is 0 Å². The van der Waals surface area contributed by atoms with Crippen LogP contribution in [-0.2, 0) is 5.54 Å². The molecular formula is C20H27N3. The Morgan fingerprint density at radius 3 is 2.00 bits per heavy atom. The molecule has 3 heteroatoms. The number of hydrogen-bond acceptors (Lipinski definition) is 3. The number of piperazine rings is 1. The molecular weight excluding hydrogens is 282 g/mol. The minimum atomic E-state index is -0.0770. The van der Waals surface area contributed by atoms with Gasteiger partial charge in [0.05, 0.1) is 5.54 Å². The van der Waals surface area contributed by atoms with Crippen molar-refractivity contribution < 1.29 is 0 Å². The summed E-state index contributed by atoms with van der Waals surface area (Å²) in [7, 11) is 4.26. The van der Waals surface area contributed by atoms with Gasteiger partial charge in [-0.05, 0) is 25.2 Å². The summed E-state index contributed by atoms with van der Waals surface area (Å²) in [6.07, 6.45) is 0. The van der Waals surface area contributed by atoms with Gasteiger partial charge in [-0.25, -0.2) is 0 Å². The molecule has 0 atom stereocenters. The Morgan fingerprint density at radius 1 is 0.913 bits per heavy atom. The molecule has 0 amide bonds. The molecule has 0 aromatic heterocycles. The van der Waals surface area contributed by atoms with E-state index in [9.17, 15) is 0 Å². The van der Waals surface area contributed by atoms with Crippen LogP contribution in [0.1, 0.15) is 11.1 Å². The van der Waals surface area contributed by atoms with E-state index in [1.54, 1.807) is 0 Å². The summed E-state index contributed by atoms with van der Waals surface area (Å²) in [6, 6.07) is 21.9. The van der Waals surface area contributed by atoms with Gasteiger partial charge in [0.15, 0.2) is 0 Å². The fourth-order valence-electron chi connectivity index (χ4n) is 3.74. The zero-order valence-corrected chi connectivity index (χ0v) is 14.2. The summed E-state index contributed by atoms with van der Waals surface area (Å²) < 4.78 is 0. The number of nitrogens with zero attached hydrogens (tertiary/aromatic N) is 2. The highest BCUT2D eigenvalue weighted by Crippen LogP contribution is 2.38. The minimum Gasteiger partial charge on any atom is -0.318 e. The van der Waals surface area contributed by atoms with E-state index in [1.807, 2.05) is 7.05 Å². The topological polar surface area (TPSA) is 18.5 Å². The highest BCUT2D eigenvalue weighted by Gasteiger charge is 2.43. The zero-order chi connectivity index (χ0) is 16.1. The van der Waals surface area contributed by atoms with Crippen molar-refractivity contribution in [2.24, 2.45) is 0 Å². The lowest BCUT2D eigenvalue weighted by Crippen LogP contribution is -2.60. The minimum absolute atomic E-state index is 0.0770. The molecule has 0 radical (unpaired) electrons. The van der Waals surface area contributed by atoms with E-state index >= 15 is 0 Å². The quantitative estimate of drug-likeness (QED) is 0.915. The van der Waals surface area contributed by atoms with E-state index in [-0.39, 0.29) is 5.54 Å². The van der Waals surface area contributed by atoms with Crippen LogP contribution >= 0.6 is 0 Å². The molecule has 2 aromatic carbocycles. The van der Waals surface area contributed by atoms with Gasteiger partial charge >= 0.3 is 0 Å². The van der Waals surface area contributed by atoms with E-state index in [4.69, 9.17) is 0 Å². The fraction of sp³-hybridized carbons (Fsp3) is 0.400. The van der Waals surface area contributed by atoms with E-state index in [0.29, 0.717) is 0 Å². The largest absolute Gasteiger partial charge is 0.318 e. The van der Waals surface area contributed by atoms with Gasteiger partial charge in [-0.3, -0.25) is 4.90 Å². The highest BCUT2D eigenvalue weighted by molar-refractivity contribution is 5.40. The lowest BCUT2D eigenvalue weighted by Gasteiger charge is -2.51. The number of benzene rings is 2. The molecule has 0 bridgehead atoms. The zero-order valence-electron chi connectivity index (χ0n) is 14.2. The van der Waals surface area contributed by atoms with Gasteiger partial charge in [0.25, 0.3) is 0 Å². The maximum absolute atomic E-state index is 3.31. The second-order valence-corrected chi connectivity index (χ2v) is 6.42. The van der Waals surface area contributed by atoms with E-state index in [0.717, 1.165) is 32.7 Å². The van der Waals surface area contributed by atoms with Crippen LogP contribution in [0.2, 0.25) is 0 Å². The first-order valence-electron chi connectivity index (χ1n) is 8.46. The molecule has 0 spiro atoms. The second kappa shape index (κ2) is 7.26. The van der Waals surface area contributed by atoms with Crippen LogP contribution in [0, 0.1) is 0 Å². The van der Waals surface area contributed by atoms with Crippen LogP contribution < -0.4 is 5.32 Å². The molecule has 1 heterocycles. The average molecular weight is 309 g/mol. The van der Waals surface area contributed by atoms with Gasteiger partial charge in [0.1, 0.15) is 0 Å². The maximum atomic E-state index is 3.31. The average Bonchev–Trinajstić information content (AvgIpc) is 2.62. The Morgan fingerprint density at radius 2 is 1.48 bits per heavy atom. The molecule has 2 aromatic rings. The van der Waals surface area contributed by atoms with Crippen LogP contribution in [0.3, 0.4) is 0 Å². The summed E-state index contributed by atoms with van der Waals surface area (Å²) in [6.45, 7) is 5.27. The Hall–Kier alpha value is -1.68. The van der Waals surface area contributed by atoms with Crippen molar-refractivity contribution >= 4 is 0 Å². The monoisotopic (exact) mass is 309 g/mol. The normalized spacial score (nSPS) is 18.9. The molecule has 1 aliphatic heterocycles. The number of likely N-dealkylation sites (N-methyl/N-ethyl adjacent to an activating group) is 2. The molecule has 0 aliphatic carbocycles. The number of nitrogens with one attached hydrogen (secondary N) is 1. The standard InChI is InChI=1S/C20H27N3/c1-21-13-14-23-16-15-22(2)17-20(23,18-9-5-3-6-10-18)19-11-7-4-8-12-19/h3-12,21H,13-17H2,1-2H3. The first-order chi connectivity index (χ1) is 11.3. The molecule has 1 fully saturated rings. The third-order valence-electron chi connectivity index (χ3n) is 4.92. The van der Waals surface area contributed by atoms with Crippen molar-refractivity contribution in [2.45, 2.75) is 5.54 Å². The van der Waals surface area contributed by atoms with E-state index in [2.05, 4.69) is 82.8 Å². The van der Waals surface area contributed by atoms with Gasteiger partial charge in [0, 0.05) is 32.7 Å². The highest BCUT2D eigenvalue weighted by atomic mass is 15.3. The van der Waals surface area contributed by atoms with Crippen LogP contribution in [0.15, 0.2) is 60.7 Å². The van der Waals surface area contributed by atoms with Crippen molar-refractivity contribution in [1.29, 1.82) is 0 Å². The molecule has 1 aliphatic rings. The molecule has 1 saturated heterocycles. The predicted octanol–water partition coefficient (Wildman–Crippen LogP) is 2.40. The van der Waals surface area contributed by atoms with E-state index < -0.39 is 0 Å². The Balaban J connectivity index is 2.12. The Labute approximate surface area is 139 Å². The second-order valence-electron chi connectivity index (χ2n) is 6.42. The van der Waals surface area contributed by atoms with Gasteiger partial charge in [-0.1, -0.05) is 60.7 Å². The van der Waals surface area contributed by atoms with Crippen molar-refractivity contribution in [3.05, 3.63) is 71.8 Å². The molecule has 1 N–H and O–H groups in total. The third-order valence-corrected chi connectivity index (χ3v) is 4.92. The number of hydrogen-bond donors (Lipinski definition) is 1. The Bertz CT molecular complexity index is 555. The summed E-state index contributed by atoms with van der Waals surface area (Å²) in [4.78, 5) is 5.10.